The van der Waals surface area contributed by atoms with Crippen molar-refractivity contribution in [3.63, 3.8) is 0 Å². The molecule has 0 aromatic heterocycles. The highest BCUT2D eigenvalue weighted by atomic mass is 15.2. The topological polar surface area (TPSA) is 3.24 Å². The van der Waals surface area contributed by atoms with Crippen LogP contribution in [0.1, 0.15) is 34.6 Å². The second-order valence-electron chi connectivity index (χ2n) is 5.69. The van der Waals surface area contributed by atoms with Crippen LogP contribution in [0, 0.1) is 5.92 Å². The molecular formula is C12H26BN. The Balaban J connectivity index is 2.86. The third-order valence-corrected chi connectivity index (χ3v) is 4.81. The van der Waals surface area contributed by atoms with Crippen molar-refractivity contribution in [3.05, 3.63) is 0 Å². The zero-order valence-corrected chi connectivity index (χ0v) is 10.9. The van der Waals surface area contributed by atoms with Crippen LogP contribution >= 0.6 is 0 Å². The summed E-state index contributed by atoms with van der Waals surface area (Å²) in [7, 11) is 2.28. The Morgan fingerprint density at radius 1 is 1.07 bits per heavy atom. The Morgan fingerprint density at radius 2 is 1.57 bits per heavy atom. The van der Waals surface area contributed by atoms with E-state index in [-0.39, 0.29) is 0 Å². The molecule has 1 nitrogen and oxygen atoms in total. The highest BCUT2D eigenvalue weighted by molar-refractivity contribution is 6.61. The van der Waals surface area contributed by atoms with Gasteiger partial charge in [-0.25, -0.2) is 0 Å². The van der Waals surface area contributed by atoms with Crippen molar-refractivity contribution in [2.24, 2.45) is 5.92 Å². The Morgan fingerprint density at radius 3 is 2.00 bits per heavy atom. The van der Waals surface area contributed by atoms with Crippen LogP contribution in [0.4, 0.5) is 0 Å². The standard InChI is InChI=1S/C12H26BN/c1-8(2)12-11(5)14(7)10(4)9(3)13(12)6/h8-12H,1-7H3/t9-,10+,11-,12+/m1/s1. The van der Waals surface area contributed by atoms with Gasteiger partial charge in [0.2, 0.25) is 0 Å². The molecule has 1 heterocycles. The van der Waals surface area contributed by atoms with Gasteiger partial charge in [-0.1, -0.05) is 27.6 Å². The first-order valence-electron chi connectivity index (χ1n) is 6.09. The van der Waals surface area contributed by atoms with Gasteiger partial charge in [0.05, 0.1) is 0 Å². The van der Waals surface area contributed by atoms with E-state index in [1.165, 1.54) is 0 Å². The van der Waals surface area contributed by atoms with Crippen LogP contribution in [0.5, 0.6) is 0 Å². The first-order valence-corrected chi connectivity index (χ1v) is 6.09. The molecular weight excluding hydrogens is 169 g/mol. The fraction of sp³-hybridized carbons (Fsp3) is 1.00. The Labute approximate surface area is 90.3 Å². The zero-order chi connectivity index (χ0) is 11.0. The van der Waals surface area contributed by atoms with Crippen LogP contribution < -0.4 is 0 Å². The maximum atomic E-state index is 2.56. The van der Waals surface area contributed by atoms with Crippen molar-refractivity contribution < 1.29 is 0 Å². The second-order valence-corrected chi connectivity index (χ2v) is 5.69. The van der Waals surface area contributed by atoms with Gasteiger partial charge >= 0.3 is 0 Å². The molecule has 0 amide bonds. The molecule has 0 N–H and O–H groups in total. The van der Waals surface area contributed by atoms with Crippen molar-refractivity contribution in [3.8, 4) is 0 Å². The molecule has 0 aliphatic carbocycles. The van der Waals surface area contributed by atoms with Crippen molar-refractivity contribution in [2.75, 3.05) is 7.05 Å². The molecule has 0 aromatic carbocycles. The minimum atomic E-state index is 0.731. The van der Waals surface area contributed by atoms with Gasteiger partial charge in [0.15, 0.2) is 0 Å². The molecule has 82 valence electrons. The van der Waals surface area contributed by atoms with Crippen molar-refractivity contribution in [1.82, 2.24) is 4.90 Å². The van der Waals surface area contributed by atoms with E-state index in [1.54, 1.807) is 0 Å². The molecule has 1 aliphatic rings. The lowest BCUT2D eigenvalue weighted by Crippen LogP contribution is -2.54. The summed E-state index contributed by atoms with van der Waals surface area (Å²) in [6, 6.07) is 1.46. The number of rotatable bonds is 1. The van der Waals surface area contributed by atoms with Gasteiger partial charge < -0.3 is 4.90 Å². The maximum Gasteiger partial charge on any atom is 0.146 e. The fourth-order valence-electron chi connectivity index (χ4n) is 3.41. The summed E-state index contributed by atoms with van der Waals surface area (Å²) in [6.45, 7) is 15.2. The van der Waals surface area contributed by atoms with Crippen molar-refractivity contribution >= 4 is 6.71 Å². The van der Waals surface area contributed by atoms with Crippen molar-refractivity contribution in [2.45, 2.75) is 65.2 Å². The van der Waals surface area contributed by atoms with Crippen LogP contribution in [0.15, 0.2) is 0 Å². The third-order valence-electron chi connectivity index (χ3n) is 4.81. The van der Waals surface area contributed by atoms with Crippen LogP contribution in [0.2, 0.25) is 18.5 Å². The maximum absolute atomic E-state index is 2.56. The van der Waals surface area contributed by atoms with Gasteiger partial charge in [-0.15, -0.1) is 0 Å². The van der Waals surface area contributed by atoms with E-state index in [0.29, 0.717) is 0 Å². The lowest BCUT2D eigenvalue weighted by Gasteiger charge is -2.49. The summed E-state index contributed by atoms with van der Waals surface area (Å²) in [5.41, 5.74) is 0. The van der Waals surface area contributed by atoms with E-state index in [1.807, 2.05) is 0 Å². The van der Waals surface area contributed by atoms with Gasteiger partial charge in [-0.3, -0.25) is 0 Å². The summed E-state index contributed by atoms with van der Waals surface area (Å²) >= 11 is 0. The smallest absolute Gasteiger partial charge is 0.146 e. The molecule has 0 saturated carbocycles. The normalized spacial score (nSPS) is 40.7. The number of nitrogens with zero attached hydrogens (tertiary/aromatic N) is 1. The Kier molecular flexibility index (Phi) is 3.68. The first kappa shape index (κ1) is 12.1. The molecule has 0 bridgehead atoms. The van der Waals surface area contributed by atoms with Gasteiger partial charge in [0, 0.05) is 12.1 Å². The van der Waals surface area contributed by atoms with Crippen LogP contribution in [0.25, 0.3) is 0 Å². The molecule has 0 spiro atoms. The minimum absolute atomic E-state index is 0.731. The van der Waals surface area contributed by atoms with E-state index < -0.39 is 0 Å². The largest absolute Gasteiger partial charge is 0.302 e. The second kappa shape index (κ2) is 4.26. The van der Waals surface area contributed by atoms with E-state index in [2.05, 4.69) is 53.4 Å². The van der Waals surface area contributed by atoms with Crippen LogP contribution in [-0.2, 0) is 0 Å². The average Bonchev–Trinajstić information content (AvgIpc) is 2.11. The van der Waals surface area contributed by atoms with Crippen molar-refractivity contribution in [1.29, 1.82) is 0 Å². The molecule has 1 fully saturated rings. The highest BCUT2D eigenvalue weighted by Gasteiger charge is 2.42. The summed E-state index contributed by atoms with van der Waals surface area (Å²) in [5, 5.41) is 0. The van der Waals surface area contributed by atoms with Gasteiger partial charge in [0.1, 0.15) is 6.71 Å². The van der Waals surface area contributed by atoms with Crippen LogP contribution in [-0.4, -0.2) is 30.7 Å². The molecule has 0 aromatic rings. The fourth-order valence-corrected chi connectivity index (χ4v) is 3.41. The van der Waals surface area contributed by atoms with Gasteiger partial charge in [-0.2, -0.15) is 0 Å². The molecule has 4 atom stereocenters. The van der Waals surface area contributed by atoms with Gasteiger partial charge in [-0.05, 0) is 38.4 Å². The molecule has 2 heteroatoms. The lowest BCUT2D eigenvalue weighted by molar-refractivity contribution is 0.149. The monoisotopic (exact) mass is 195 g/mol. The molecule has 1 aliphatic heterocycles. The average molecular weight is 195 g/mol. The summed E-state index contributed by atoms with van der Waals surface area (Å²) in [4.78, 5) is 2.56. The SMILES string of the molecule is CB1[C@H](C)[C@H](C)N(C)[C@H](C)[C@@H]1C(C)C. The summed E-state index contributed by atoms with van der Waals surface area (Å²) in [5.74, 6) is 2.48. The Hall–Kier alpha value is 0.0249. The number of hydrogen-bond acceptors (Lipinski definition) is 1. The number of hydrogen-bond donors (Lipinski definition) is 0. The van der Waals surface area contributed by atoms with E-state index >= 15 is 0 Å². The predicted molar refractivity (Wildman–Crippen MR) is 66.3 cm³/mol. The third kappa shape index (κ3) is 1.86. The van der Waals surface area contributed by atoms with Gasteiger partial charge in [0.25, 0.3) is 0 Å². The lowest BCUT2D eigenvalue weighted by atomic mass is 9.30. The molecule has 0 unspecified atom stereocenters. The molecule has 14 heavy (non-hydrogen) atoms. The van der Waals surface area contributed by atoms with Crippen LogP contribution in [0.3, 0.4) is 0 Å². The Bertz CT molecular complexity index is 177. The highest BCUT2D eigenvalue weighted by Crippen LogP contribution is 2.41. The summed E-state index contributed by atoms with van der Waals surface area (Å²) < 4.78 is 0. The molecule has 1 saturated heterocycles. The predicted octanol–water partition coefficient (Wildman–Crippen LogP) is 3.25. The minimum Gasteiger partial charge on any atom is -0.302 e. The van der Waals surface area contributed by atoms with E-state index in [9.17, 15) is 0 Å². The summed E-state index contributed by atoms with van der Waals surface area (Å²) in [6.07, 6.45) is 0. The molecule has 0 radical (unpaired) electrons. The first-order chi connectivity index (χ1) is 6.37. The molecule has 1 rings (SSSR count). The van der Waals surface area contributed by atoms with E-state index in [0.717, 1.165) is 36.3 Å². The van der Waals surface area contributed by atoms with E-state index in [4.69, 9.17) is 0 Å². The zero-order valence-electron chi connectivity index (χ0n) is 10.9. The quantitative estimate of drug-likeness (QED) is 0.580.